The van der Waals surface area contributed by atoms with Gasteiger partial charge in [-0.15, -0.1) is 0 Å². The summed E-state index contributed by atoms with van der Waals surface area (Å²) in [4.78, 5) is 0. The monoisotopic (exact) mass is 375 g/mol. The quantitative estimate of drug-likeness (QED) is 0.737. The number of nitrogens with one attached hydrogen (secondary N) is 1. The van der Waals surface area contributed by atoms with Crippen molar-refractivity contribution in [1.29, 1.82) is 0 Å². The van der Waals surface area contributed by atoms with Gasteiger partial charge < -0.3 is 10.1 Å². The first-order valence-corrected chi connectivity index (χ1v) is 8.16. The van der Waals surface area contributed by atoms with Crippen LogP contribution < -0.4 is 10.1 Å². The predicted molar refractivity (Wildman–Crippen MR) is 82.2 cm³/mol. The Bertz CT molecular complexity index is 358. The molecule has 0 saturated heterocycles. The number of benzene rings is 1. The van der Waals surface area contributed by atoms with Gasteiger partial charge in [-0.05, 0) is 69.8 Å². The van der Waals surface area contributed by atoms with Crippen molar-refractivity contribution in [2.75, 3.05) is 13.2 Å². The molecule has 0 aromatic heterocycles. The van der Waals surface area contributed by atoms with Crippen LogP contribution in [-0.4, -0.2) is 19.2 Å². The minimum Gasteiger partial charge on any atom is -0.491 e. The fourth-order valence-corrected chi connectivity index (χ4v) is 3.53. The third-order valence-corrected chi connectivity index (χ3v) is 4.52. The molecular weight excluding hydrogens is 358 g/mol. The van der Waals surface area contributed by atoms with Crippen molar-refractivity contribution in [3.63, 3.8) is 0 Å². The van der Waals surface area contributed by atoms with Crippen molar-refractivity contribution in [3.05, 3.63) is 27.1 Å². The second kappa shape index (κ2) is 7.51. The Morgan fingerprint density at radius 2 is 1.83 bits per heavy atom. The molecule has 0 radical (unpaired) electrons. The van der Waals surface area contributed by atoms with Gasteiger partial charge in [0.15, 0.2) is 0 Å². The van der Waals surface area contributed by atoms with Crippen LogP contribution in [0.1, 0.15) is 32.1 Å². The van der Waals surface area contributed by atoms with Crippen molar-refractivity contribution in [1.82, 2.24) is 5.32 Å². The van der Waals surface area contributed by atoms with Crippen LogP contribution in [0.15, 0.2) is 27.1 Å². The zero-order valence-corrected chi connectivity index (χ0v) is 13.6. The second-order valence-electron chi connectivity index (χ2n) is 4.69. The molecular formula is C14H19Br2NO. The van der Waals surface area contributed by atoms with Crippen LogP contribution in [0.4, 0.5) is 0 Å². The van der Waals surface area contributed by atoms with E-state index in [4.69, 9.17) is 4.74 Å². The summed E-state index contributed by atoms with van der Waals surface area (Å²) in [6, 6.07) is 6.73. The summed E-state index contributed by atoms with van der Waals surface area (Å²) in [5, 5.41) is 3.59. The third-order valence-electron chi connectivity index (χ3n) is 3.27. The predicted octanol–water partition coefficient (Wildman–Crippen LogP) is 4.51. The zero-order valence-electron chi connectivity index (χ0n) is 10.4. The first-order chi connectivity index (χ1) is 8.77. The maximum absolute atomic E-state index is 5.80. The van der Waals surface area contributed by atoms with E-state index in [1.807, 2.05) is 18.2 Å². The molecule has 2 nitrogen and oxygen atoms in total. The van der Waals surface area contributed by atoms with Gasteiger partial charge in [0.1, 0.15) is 5.75 Å². The number of hydrogen-bond acceptors (Lipinski definition) is 2. The van der Waals surface area contributed by atoms with Crippen molar-refractivity contribution < 1.29 is 4.74 Å². The Morgan fingerprint density at radius 3 is 2.50 bits per heavy atom. The number of hydrogen-bond donors (Lipinski definition) is 1. The first kappa shape index (κ1) is 14.4. The van der Waals surface area contributed by atoms with E-state index in [1.165, 1.54) is 25.7 Å². The summed E-state index contributed by atoms with van der Waals surface area (Å²) in [5.41, 5.74) is 0. The molecule has 0 amide bonds. The molecule has 0 unspecified atom stereocenters. The number of rotatable bonds is 6. The summed E-state index contributed by atoms with van der Waals surface area (Å²) < 4.78 is 7.80. The SMILES string of the molecule is Brc1cccc(Br)c1OCCCNC1CCCC1. The Balaban J connectivity index is 1.65. The van der Waals surface area contributed by atoms with Gasteiger partial charge >= 0.3 is 0 Å². The van der Waals surface area contributed by atoms with Crippen LogP contribution in [-0.2, 0) is 0 Å². The molecule has 1 aromatic carbocycles. The fraction of sp³-hybridized carbons (Fsp3) is 0.571. The lowest BCUT2D eigenvalue weighted by Gasteiger charge is -2.13. The van der Waals surface area contributed by atoms with Gasteiger partial charge in [0.25, 0.3) is 0 Å². The lowest BCUT2D eigenvalue weighted by molar-refractivity contribution is 0.301. The van der Waals surface area contributed by atoms with E-state index >= 15 is 0 Å². The van der Waals surface area contributed by atoms with Gasteiger partial charge in [-0.1, -0.05) is 18.9 Å². The summed E-state index contributed by atoms with van der Waals surface area (Å²) in [6.07, 6.45) is 6.51. The Morgan fingerprint density at radius 1 is 1.17 bits per heavy atom. The second-order valence-corrected chi connectivity index (χ2v) is 6.40. The molecule has 100 valence electrons. The lowest BCUT2D eigenvalue weighted by atomic mass is 10.2. The molecule has 0 aliphatic heterocycles. The average Bonchev–Trinajstić information content (AvgIpc) is 2.85. The fourth-order valence-electron chi connectivity index (χ4n) is 2.30. The number of halogens is 2. The summed E-state index contributed by atoms with van der Waals surface area (Å²) in [7, 11) is 0. The molecule has 1 fully saturated rings. The van der Waals surface area contributed by atoms with Gasteiger partial charge in [0, 0.05) is 6.04 Å². The van der Waals surface area contributed by atoms with Crippen LogP contribution in [0.25, 0.3) is 0 Å². The number of para-hydroxylation sites is 1. The summed E-state index contributed by atoms with van der Waals surface area (Å²) in [6.45, 7) is 1.80. The molecule has 0 bridgehead atoms. The molecule has 0 atom stereocenters. The molecule has 1 aliphatic carbocycles. The molecule has 1 aliphatic rings. The van der Waals surface area contributed by atoms with Crippen molar-refractivity contribution in [3.8, 4) is 5.75 Å². The van der Waals surface area contributed by atoms with Crippen molar-refractivity contribution in [2.45, 2.75) is 38.1 Å². The average molecular weight is 377 g/mol. The van der Waals surface area contributed by atoms with Crippen LogP contribution in [0.3, 0.4) is 0 Å². The minimum atomic E-state index is 0.750. The highest BCUT2D eigenvalue weighted by atomic mass is 79.9. The van der Waals surface area contributed by atoms with E-state index in [-0.39, 0.29) is 0 Å². The lowest BCUT2D eigenvalue weighted by Crippen LogP contribution is -2.27. The molecule has 2 rings (SSSR count). The topological polar surface area (TPSA) is 21.3 Å². The molecule has 0 heterocycles. The van der Waals surface area contributed by atoms with E-state index in [9.17, 15) is 0 Å². The highest BCUT2D eigenvalue weighted by molar-refractivity contribution is 9.11. The minimum absolute atomic E-state index is 0.750. The molecule has 4 heteroatoms. The van der Waals surface area contributed by atoms with Gasteiger partial charge in [0.05, 0.1) is 15.6 Å². The summed E-state index contributed by atoms with van der Waals surface area (Å²) in [5.74, 6) is 0.901. The summed E-state index contributed by atoms with van der Waals surface area (Å²) >= 11 is 7.00. The standard InChI is InChI=1S/C14H19Br2NO/c15-12-7-3-8-13(16)14(12)18-10-4-9-17-11-5-1-2-6-11/h3,7-8,11,17H,1-2,4-6,9-10H2. The smallest absolute Gasteiger partial charge is 0.147 e. The normalized spacial score (nSPS) is 16.1. The third kappa shape index (κ3) is 4.25. The highest BCUT2D eigenvalue weighted by Gasteiger charge is 2.13. The maximum Gasteiger partial charge on any atom is 0.147 e. The van der Waals surface area contributed by atoms with Gasteiger partial charge in [-0.2, -0.15) is 0 Å². The molecule has 1 aromatic rings. The molecule has 1 N–H and O–H groups in total. The van der Waals surface area contributed by atoms with Crippen LogP contribution in [0, 0.1) is 0 Å². The molecule has 1 saturated carbocycles. The van der Waals surface area contributed by atoms with Gasteiger partial charge in [-0.25, -0.2) is 0 Å². The molecule has 18 heavy (non-hydrogen) atoms. The van der Waals surface area contributed by atoms with Crippen molar-refractivity contribution >= 4 is 31.9 Å². The highest BCUT2D eigenvalue weighted by Crippen LogP contribution is 2.32. The van der Waals surface area contributed by atoms with E-state index in [1.54, 1.807) is 0 Å². The molecule has 0 spiro atoms. The van der Waals surface area contributed by atoms with Crippen LogP contribution in [0.2, 0.25) is 0 Å². The Kier molecular flexibility index (Phi) is 5.99. The largest absolute Gasteiger partial charge is 0.491 e. The van der Waals surface area contributed by atoms with E-state index in [2.05, 4.69) is 37.2 Å². The Labute approximate surface area is 126 Å². The maximum atomic E-state index is 5.80. The van der Waals surface area contributed by atoms with Gasteiger partial charge in [0.2, 0.25) is 0 Å². The van der Waals surface area contributed by atoms with E-state index in [0.29, 0.717) is 0 Å². The van der Waals surface area contributed by atoms with E-state index in [0.717, 1.165) is 40.3 Å². The van der Waals surface area contributed by atoms with E-state index < -0.39 is 0 Å². The van der Waals surface area contributed by atoms with Gasteiger partial charge in [-0.3, -0.25) is 0 Å². The Hall–Kier alpha value is -0.0600. The van der Waals surface area contributed by atoms with Crippen LogP contribution >= 0.6 is 31.9 Å². The first-order valence-electron chi connectivity index (χ1n) is 6.57. The van der Waals surface area contributed by atoms with Crippen molar-refractivity contribution in [2.24, 2.45) is 0 Å². The van der Waals surface area contributed by atoms with Crippen LogP contribution in [0.5, 0.6) is 5.75 Å². The zero-order chi connectivity index (χ0) is 12.8. The number of ether oxygens (including phenoxy) is 1.